The highest BCUT2D eigenvalue weighted by atomic mass is 35.5. The molecule has 0 bridgehead atoms. The Kier molecular flexibility index (Phi) is 5.57. The molecule has 0 spiro atoms. The van der Waals surface area contributed by atoms with Crippen molar-refractivity contribution in [2.75, 3.05) is 36.4 Å². The standard InChI is InChI=1S/C20H23ClFN7O/c1-12(20(30)26-17-5-4-14(22)10-16(17)21)28-6-8-29(9-7-28)19-15-11-23-27(3)18(15)24-13(2)25-19/h4-5,10-12H,6-9H2,1-3H3,(H,26,30). The molecule has 3 aromatic rings. The molecule has 1 amide bonds. The average molecular weight is 432 g/mol. The fraction of sp³-hybridized carbons (Fsp3) is 0.400. The first-order valence-electron chi connectivity index (χ1n) is 9.74. The van der Waals surface area contributed by atoms with Gasteiger partial charge in [0.1, 0.15) is 17.5 Å². The molecule has 1 unspecified atom stereocenters. The summed E-state index contributed by atoms with van der Waals surface area (Å²) < 4.78 is 15.0. The first kappa shape index (κ1) is 20.5. The highest BCUT2D eigenvalue weighted by molar-refractivity contribution is 6.33. The number of carbonyl (C=O) groups is 1. The monoisotopic (exact) mass is 431 g/mol. The lowest BCUT2D eigenvalue weighted by atomic mass is 10.2. The number of anilines is 2. The van der Waals surface area contributed by atoms with Gasteiger partial charge >= 0.3 is 0 Å². The Morgan fingerprint density at radius 3 is 2.67 bits per heavy atom. The fourth-order valence-corrected chi connectivity index (χ4v) is 3.88. The molecule has 1 atom stereocenters. The van der Waals surface area contributed by atoms with Crippen LogP contribution < -0.4 is 10.2 Å². The molecule has 10 heteroatoms. The van der Waals surface area contributed by atoms with E-state index >= 15 is 0 Å². The number of aromatic nitrogens is 4. The third-order valence-corrected chi connectivity index (χ3v) is 5.73. The minimum atomic E-state index is -0.440. The van der Waals surface area contributed by atoms with E-state index in [0.29, 0.717) is 24.6 Å². The van der Waals surface area contributed by atoms with Crippen LogP contribution in [-0.4, -0.2) is 62.8 Å². The van der Waals surface area contributed by atoms with E-state index in [0.717, 1.165) is 29.9 Å². The Hall–Kier alpha value is -2.78. The van der Waals surface area contributed by atoms with Crippen molar-refractivity contribution in [3.05, 3.63) is 41.1 Å². The zero-order valence-electron chi connectivity index (χ0n) is 17.1. The summed E-state index contributed by atoms with van der Waals surface area (Å²) in [7, 11) is 1.87. The second-order valence-corrected chi connectivity index (χ2v) is 7.82. The molecule has 0 aliphatic carbocycles. The van der Waals surface area contributed by atoms with Crippen LogP contribution in [0.15, 0.2) is 24.4 Å². The SMILES string of the molecule is Cc1nc(N2CCN(C(C)C(=O)Nc3ccc(F)cc3Cl)CC2)c2cnn(C)c2n1. The minimum Gasteiger partial charge on any atom is -0.353 e. The molecule has 4 rings (SSSR count). The van der Waals surface area contributed by atoms with E-state index in [-0.39, 0.29) is 17.0 Å². The molecule has 1 saturated heterocycles. The van der Waals surface area contributed by atoms with Crippen LogP contribution in [-0.2, 0) is 11.8 Å². The van der Waals surface area contributed by atoms with Crippen molar-refractivity contribution >= 4 is 40.0 Å². The van der Waals surface area contributed by atoms with Gasteiger partial charge in [-0.15, -0.1) is 0 Å². The van der Waals surface area contributed by atoms with Crippen molar-refractivity contribution in [2.45, 2.75) is 19.9 Å². The topological polar surface area (TPSA) is 79.2 Å². The van der Waals surface area contributed by atoms with Crippen molar-refractivity contribution in [3.63, 3.8) is 0 Å². The number of hydrogen-bond donors (Lipinski definition) is 1. The molecule has 0 saturated carbocycles. The second kappa shape index (κ2) is 8.16. The number of nitrogens with zero attached hydrogens (tertiary/aromatic N) is 6. The summed E-state index contributed by atoms with van der Waals surface area (Å²) in [6, 6.07) is 3.58. The summed E-state index contributed by atoms with van der Waals surface area (Å²) in [5, 5.41) is 8.19. The van der Waals surface area contributed by atoms with Crippen molar-refractivity contribution in [1.29, 1.82) is 0 Å². The number of hydrogen-bond acceptors (Lipinski definition) is 6. The number of carbonyl (C=O) groups excluding carboxylic acids is 1. The summed E-state index contributed by atoms with van der Waals surface area (Å²) in [6.07, 6.45) is 1.79. The van der Waals surface area contributed by atoms with Gasteiger partial charge in [-0.3, -0.25) is 14.4 Å². The normalized spacial score (nSPS) is 16.1. The van der Waals surface area contributed by atoms with E-state index in [1.54, 1.807) is 10.9 Å². The van der Waals surface area contributed by atoms with E-state index in [1.165, 1.54) is 18.2 Å². The second-order valence-electron chi connectivity index (χ2n) is 7.41. The van der Waals surface area contributed by atoms with Crippen LogP contribution in [0.5, 0.6) is 0 Å². The quantitative estimate of drug-likeness (QED) is 0.684. The van der Waals surface area contributed by atoms with Crippen molar-refractivity contribution < 1.29 is 9.18 Å². The Bertz CT molecular complexity index is 1090. The van der Waals surface area contributed by atoms with Crippen molar-refractivity contribution in [3.8, 4) is 0 Å². The number of benzene rings is 1. The maximum absolute atomic E-state index is 13.2. The molecule has 1 aromatic carbocycles. The summed E-state index contributed by atoms with van der Waals surface area (Å²) in [6.45, 7) is 6.60. The van der Waals surface area contributed by atoms with Crippen LogP contribution in [0.3, 0.4) is 0 Å². The van der Waals surface area contributed by atoms with Gasteiger partial charge in [-0.05, 0) is 32.0 Å². The van der Waals surface area contributed by atoms with Crippen LogP contribution in [0.4, 0.5) is 15.9 Å². The molecule has 30 heavy (non-hydrogen) atoms. The number of nitrogens with one attached hydrogen (secondary N) is 1. The number of fused-ring (bicyclic) bond motifs is 1. The third-order valence-electron chi connectivity index (χ3n) is 5.41. The first-order chi connectivity index (χ1) is 14.3. The van der Waals surface area contributed by atoms with Gasteiger partial charge in [0, 0.05) is 33.2 Å². The van der Waals surface area contributed by atoms with Gasteiger partial charge in [0.05, 0.1) is 28.3 Å². The van der Waals surface area contributed by atoms with Crippen molar-refractivity contribution in [1.82, 2.24) is 24.6 Å². The van der Waals surface area contributed by atoms with Gasteiger partial charge in [0.2, 0.25) is 5.91 Å². The fourth-order valence-electron chi connectivity index (χ4n) is 3.67. The molecule has 158 valence electrons. The minimum absolute atomic E-state index is 0.176. The molecular formula is C20H23ClFN7O. The Balaban J connectivity index is 1.42. The van der Waals surface area contributed by atoms with Crippen LogP contribution >= 0.6 is 11.6 Å². The highest BCUT2D eigenvalue weighted by Crippen LogP contribution is 2.26. The van der Waals surface area contributed by atoms with Gasteiger partial charge in [-0.25, -0.2) is 14.4 Å². The Morgan fingerprint density at radius 1 is 1.23 bits per heavy atom. The van der Waals surface area contributed by atoms with Crippen LogP contribution in [0, 0.1) is 12.7 Å². The van der Waals surface area contributed by atoms with Gasteiger partial charge in [-0.2, -0.15) is 5.10 Å². The van der Waals surface area contributed by atoms with E-state index in [1.807, 2.05) is 20.9 Å². The Morgan fingerprint density at radius 2 is 1.97 bits per heavy atom. The summed E-state index contributed by atoms with van der Waals surface area (Å²) >= 11 is 6.02. The zero-order chi connectivity index (χ0) is 21.4. The van der Waals surface area contributed by atoms with Gasteiger partial charge in [0.15, 0.2) is 5.65 Å². The lowest BCUT2D eigenvalue weighted by Gasteiger charge is -2.38. The molecule has 1 aliphatic rings. The molecule has 0 radical (unpaired) electrons. The number of halogens is 2. The summed E-state index contributed by atoms with van der Waals surface area (Å²) in [5.74, 6) is 0.960. The lowest BCUT2D eigenvalue weighted by Crippen LogP contribution is -2.53. The largest absolute Gasteiger partial charge is 0.353 e. The zero-order valence-corrected chi connectivity index (χ0v) is 17.8. The number of aryl methyl sites for hydroxylation is 2. The third kappa shape index (κ3) is 3.95. The molecule has 1 fully saturated rings. The van der Waals surface area contributed by atoms with E-state index < -0.39 is 5.82 Å². The number of rotatable bonds is 4. The maximum atomic E-state index is 13.2. The molecule has 1 aliphatic heterocycles. The molecule has 2 aromatic heterocycles. The summed E-state index contributed by atoms with van der Waals surface area (Å²) in [4.78, 5) is 26.1. The smallest absolute Gasteiger partial charge is 0.241 e. The lowest BCUT2D eigenvalue weighted by molar-refractivity contribution is -0.120. The van der Waals surface area contributed by atoms with Crippen LogP contribution in [0.2, 0.25) is 5.02 Å². The number of amides is 1. The molecule has 1 N–H and O–H groups in total. The van der Waals surface area contributed by atoms with Crippen molar-refractivity contribution in [2.24, 2.45) is 7.05 Å². The van der Waals surface area contributed by atoms with E-state index in [4.69, 9.17) is 11.6 Å². The molecule has 3 heterocycles. The van der Waals surface area contributed by atoms with Crippen LogP contribution in [0.25, 0.3) is 11.0 Å². The van der Waals surface area contributed by atoms with E-state index in [9.17, 15) is 9.18 Å². The maximum Gasteiger partial charge on any atom is 0.241 e. The molecular weight excluding hydrogens is 409 g/mol. The molecule has 8 nitrogen and oxygen atoms in total. The van der Waals surface area contributed by atoms with Gasteiger partial charge in [0.25, 0.3) is 0 Å². The number of piperazine rings is 1. The van der Waals surface area contributed by atoms with Gasteiger partial charge < -0.3 is 10.2 Å². The predicted molar refractivity (Wildman–Crippen MR) is 114 cm³/mol. The van der Waals surface area contributed by atoms with Gasteiger partial charge in [-0.1, -0.05) is 11.6 Å². The highest BCUT2D eigenvalue weighted by Gasteiger charge is 2.27. The predicted octanol–water partition coefficient (Wildman–Crippen LogP) is 2.61. The van der Waals surface area contributed by atoms with Crippen LogP contribution in [0.1, 0.15) is 12.7 Å². The first-order valence-corrected chi connectivity index (χ1v) is 10.1. The Labute approximate surface area is 178 Å². The summed E-state index contributed by atoms with van der Waals surface area (Å²) in [5.41, 5.74) is 1.22. The average Bonchev–Trinajstić information content (AvgIpc) is 3.09. The van der Waals surface area contributed by atoms with E-state index in [2.05, 4.69) is 30.2 Å².